The molecule has 1 aliphatic rings. The van der Waals surface area contributed by atoms with Crippen molar-refractivity contribution in [1.82, 2.24) is 5.32 Å². The summed E-state index contributed by atoms with van der Waals surface area (Å²) < 4.78 is 11.7. The van der Waals surface area contributed by atoms with E-state index in [0.29, 0.717) is 16.3 Å². The van der Waals surface area contributed by atoms with Crippen molar-refractivity contribution in [3.63, 3.8) is 0 Å². The summed E-state index contributed by atoms with van der Waals surface area (Å²) in [6.07, 6.45) is 2.11. The molecule has 0 aromatic heterocycles. The Bertz CT molecular complexity index is 503. The maximum Gasteiger partial charge on any atom is 0.255 e. The van der Waals surface area contributed by atoms with Crippen molar-refractivity contribution in [3.05, 3.63) is 26.3 Å². The summed E-state index contributed by atoms with van der Waals surface area (Å²) in [5.74, 6) is 0.332. The topological polar surface area (TPSA) is 47.6 Å². The number of methoxy groups -OCH3 is 1. The Hall–Kier alpha value is -0.530. The number of amides is 1. The Balaban J connectivity index is 2.14. The van der Waals surface area contributed by atoms with Gasteiger partial charge in [-0.05, 0) is 54.5 Å². The van der Waals surface area contributed by atoms with Crippen LogP contribution in [0.2, 0.25) is 5.02 Å². The first-order valence-electron chi connectivity index (χ1n) is 6.48. The van der Waals surface area contributed by atoms with Crippen LogP contribution in [0.5, 0.6) is 5.75 Å². The van der Waals surface area contributed by atoms with E-state index < -0.39 is 0 Å². The Morgan fingerprint density at radius 3 is 2.95 bits per heavy atom. The van der Waals surface area contributed by atoms with E-state index in [4.69, 9.17) is 21.1 Å². The molecule has 1 aromatic carbocycles. The third-order valence-electron chi connectivity index (χ3n) is 3.37. The molecule has 1 saturated heterocycles. The lowest BCUT2D eigenvalue weighted by molar-refractivity contribution is 0.0710. The molecule has 20 heavy (non-hydrogen) atoms. The van der Waals surface area contributed by atoms with Crippen LogP contribution in [0.3, 0.4) is 0 Å². The molecule has 6 heteroatoms. The zero-order valence-corrected chi connectivity index (χ0v) is 14.3. The molecule has 0 saturated carbocycles. The van der Waals surface area contributed by atoms with Crippen LogP contribution in [0.4, 0.5) is 0 Å². The first kappa shape index (κ1) is 15.9. The molecule has 0 bridgehead atoms. The van der Waals surface area contributed by atoms with E-state index in [2.05, 4.69) is 27.9 Å². The van der Waals surface area contributed by atoms with Crippen LogP contribution < -0.4 is 10.1 Å². The summed E-state index contributed by atoms with van der Waals surface area (Å²) in [6.45, 7) is 2.72. The number of nitrogens with one attached hydrogen (secondary N) is 1. The van der Waals surface area contributed by atoms with Gasteiger partial charge in [-0.15, -0.1) is 0 Å². The van der Waals surface area contributed by atoms with E-state index in [1.54, 1.807) is 19.2 Å². The van der Waals surface area contributed by atoms with Crippen molar-refractivity contribution in [2.45, 2.75) is 31.9 Å². The van der Waals surface area contributed by atoms with Gasteiger partial charge in [0.2, 0.25) is 0 Å². The number of carbonyl (C=O) groups excluding carboxylic acids is 1. The van der Waals surface area contributed by atoms with Gasteiger partial charge in [-0.3, -0.25) is 4.79 Å². The summed E-state index contributed by atoms with van der Waals surface area (Å²) >= 11 is 8.19. The molecule has 2 rings (SSSR count). The number of rotatable bonds is 4. The standard InChI is InChI=1S/C14H17ClINO3/c1-8(12-4-3-5-20-12)17-14(18)9-6-10(15)11(16)7-13(9)19-2/h6-8,12H,3-5H2,1-2H3,(H,17,18). The van der Waals surface area contributed by atoms with Crippen LogP contribution >= 0.6 is 34.2 Å². The third kappa shape index (κ3) is 3.56. The molecule has 0 radical (unpaired) electrons. The minimum atomic E-state index is -0.192. The van der Waals surface area contributed by atoms with Crippen molar-refractivity contribution in [3.8, 4) is 5.75 Å². The highest BCUT2D eigenvalue weighted by Crippen LogP contribution is 2.28. The summed E-state index contributed by atoms with van der Waals surface area (Å²) in [6, 6.07) is 3.36. The molecule has 2 unspecified atom stereocenters. The van der Waals surface area contributed by atoms with Crippen LogP contribution in [-0.4, -0.2) is 31.8 Å². The molecule has 4 nitrogen and oxygen atoms in total. The Labute approximate surface area is 137 Å². The predicted molar refractivity (Wildman–Crippen MR) is 86.6 cm³/mol. The molecule has 0 aliphatic carbocycles. The monoisotopic (exact) mass is 409 g/mol. The Morgan fingerprint density at radius 2 is 2.35 bits per heavy atom. The van der Waals surface area contributed by atoms with Crippen LogP contribution in [0.1, 0.15) is 30.1 Å². The highest BCUT2D eigenvalue weighted by Gasteiger charge is 2.25. The summed E-state index contributed by atoms with van der Waals surface area (Å²) in [4.78, 5) is 12.3. The van der Waals surface area contributed by atoms with Gasteiger partial charge in [0.1, 0.15) is 5.75 Å². The molecule has 0 spiro atoms. The van der Waals surface area contributed by atoms with Crippen molar-refractivity contribution >= 4 is 40.1 Å². The first-order valence-corrected chi connectivity index (χ1v) is 7.94. The second-order valence-corrected chi connectivity index (χ2v) is 6.35. The van der Waals surface area contributed by atoms with Gasteiger partial charge in [0.15, 0.2) is 0 Å². The molecule has 110 valence electrons. The molecule has 1 N–H and O–H groups in total. The molecule has 1 aromatic rings. The lowest BCUT2D eigenvalue weighted by Crippen LogP contribution is -2.40. The zero-order valence-electron chi connectivity index (χ0n) is 11.4. The smallest absolute Gasteiger partial charge is 0.255 e. The lowest BCUT2D eigenvalue weighted by atomic mass is 10.1. The minimum Gasteiger partial charge on any atom is -0.496 e. The largest absolute Gasteiger partial charge is 0.496 e. The molecule has 2 atom stereocenters. The fourth-order valence-electron chi connectivity index (χ4n) is 2.25. The van der Waals surface area contributed by atoms with Crippen molar-refractivity contribution in [1.29, 1.82) is 0 Å². The van der Waals surface area contributed by atoms with Gasteiger partial charge in [0.25, 0.3) is 5.91 Å². The Morgan fingerprint density at radius 1 is 1.60 bits per heavy atom. The fraction of sp³-hybridized carbons (Fsp3) is 0.500. The van der Waals surface area contributed by atoms with Gasteiger partial charge in [-0.2, -0.15) is 0 Å². The average Bonchev–Trinajstić information content (AvgIpc) is 2.95. The van der Waals surface area contributed by atoms with Crippen LogP contribution in [0, 0.1) is 3.57 Å². The average molecular weight is 410 g/mol. The van der Waals surface area contributed by atoms with Gasteiger partial charge >= 0.3 is 0 Å². The molecule has 1 fully saturated rings. The third-order valence-corrected chi connectivity index (χ3v) is 4.89. The molecular formula is C14H17ClINO3. The second kappa shape index (κ2) is 6.95. The van der Waals surface area contributed by atoms with E-state index in [1.165, 1.54) is 0 Å². The van der Waals surface area contributed by atoms with Gasteiger partial charge in [-0.25, -0.2) is 0 Å². The normalized spacial score (nSPS) is 19.7. The van der Waals surface area contributed by atoms with E-state index in [9.17, 15) is 4.79 Å². The number of hydrogen-bond donors (Lipinski definition) is 1. The van der Waals surface area contributed by atoms with E-state index >= 15 is 0 Å². The molecule has 1 amide bonds. The summed E-state index contributed by atoms with van der Waals surface area (Å²) in [7, 11) is 1.54. The number of ether oxygens (including phenoxy) is 2. The number of halogens is 2. The van der Waals surface area contributed by atoms with Crippen molar-refractivity contribution < 1.29 is 14.3 Å². The molecule has 1 aliphatic heterocycles. The maximum atomic E-state index is 12.3. The van der Waals surface area contributed by atoms with Gasteiger partial charge in [0, 0.05) is 10.2 Å². The zero-order chi connectivity index (χ0) is 14.7. The maximum absolute atomic E-state index is 12.3. The minimum absolute atomic E-state index is 0.0345. The fourth-order valence-corrected chi connectivity index (χ4v) is 2.85. The second-order valence-electron chi connectivity index (χ2n) is 4.78. The van der Waals surface area contributed by atoms with Crippen LogP contribution in [0.25, 0.3) is 0 Å². The van der Waals surface area contributed by atoms with Gasteiger partial charge in [-0.1, -0.05) is 11.6 Å². The summed E-state index contributed by atoms with van der Waals surface area (Å²) in [5.41, 5.74) is 0.447. The molecular weight excluding hydrogens is 393 g/mol. The number of hydrogen-bond acceptors (Lipinski definition) is 3. The number of carbonyl (C=O) groups is 1. The lowest BCUT2D eigenvalue weighted by Gasteiger charge is -2.20. The van der Waals surface area contributed by atoms with Gasteiger partial charge in [0.05, 0.1) is 29.8 Å². The highest BCUT2D eigenvalue weighted by atomic mass is 127. The SMILES string of the molecule is COc1cc(I)c(Cl)cc1C(=O)NC(C)C1CCCO1. The molecule has 1 heterocycles. The van der Waals surface area contributed by atoms with Crippen molar-refractivity contribution in [2.24, 2.45) is 0 Å². The quantitative estimate of drug-likeness (QED) is 0.777. The summed E-state index contributed by atoms with van der Waals surface area (Å²) in [5, 5.41) is 3.50. The van der Waals surface area contributed by atoms with E-state index in [1.807, 2.05) is 6.92 Å². The number of benzene rings is 1. The van der Waals surface area contributed by atoms with Crippen molar-refractivity contribution in [2.75, 3.05) is 13.7 Å². The first-order chi connectivity index (χ1) is 9.52. The van der Waals surface area contributed by atoms with Crippen LogP contribution in [-0.2, 0) is 4.74 Å². The Kier molecular flexibility index (Phi) is 5.51. The van der Waals surface area contributed by atoms with Gasteiger partial charge < -0.3 is 14.8 Å². The predicted octanol–water partition coefficient (Wildman–Crippen LogP) is 3.25. The highest BCUT2D eigenvalue weighted by molar-refractivity contribution is 14.1. The van der Waals surface area contributed by atoms with E-state index in [-0.39, 0.29) is 18.1 Å². The van der Waals surface area contributed by atoms with Crippen LogP contribution in [0.15, 0.2) is 12.1 Å². The van der Waals surface area contributed by atoms with E-state index in [0.717, 1.165) is 23.0 Å².